The number of nitrogens with zero attached hydrogens (tertiary/aromatic N) is 1. The lowest BCUT2D eigenvalue weighted by Gasteiger charge is -2.14. The standard InChI is InChI=1S/C21H24F2N4O3/c1-25-19(6-7-24)17-13-15(3-5-20(17)30-11-9-26-8-10-28)27-21(29)16-4-2-14(22)12-18(16)23/h2-7,12-13,26,28H,8-11,24H2,1H3,(H,27,29). The van der Waals surface area contributed by atoms with E-state index in [0.29, 0.717) is 48.5 Å². The second-order valence-electron chi connectivity index (χ2n) is 6.08. The number of allylic oxidation sites excluding steroid dienone is 1. The molecule has 0 aliphatic rings. The maximum absolute atomic E-state index is 13.9. The summed E-state index contributed by atoms with van der Waals surface area (Å²) in [7, 11) is 1.58. The Bertz CT molecular complexity index is 932. The van der Waals surface area contributed by atoms with Crippen LogP contribution in [0, 0.1) is 11.6 Å². The molecule has 0 bridgehead atoms. The number of benzene rings is 2. The lowest BCUT2D eigenvalue weighted by atomic mass is 10.1. The number of carbonyl (C=O) groups excluding carboxylic acids is 1. The number of aliphatic imine (C=N–C) groups is 1. The molecular weight excluding hydrogens is 394 g/mol. The van der Waals surface area contributed by atoms with Crippen LogP contribution >= 0.6 is 0 Å². The fraction of sp³-hybridized carbons (Fsp3) is 0.238. The molecule has 2 aromatic carbocycles. The van der Waals surface area contributed by atoms with Gasteiger partial charge < -0.3 is 26.2 Å². The van der Waals surface area contributed by atoms with Gasteiger partial charge in [-0.05, 0) is 42.6 Å². The summed E-state index contributed by atoms with van der Waals surface area (Å²) in [5.74, 6) is -1.93. The van der Waals surface area contributed by atoms with Crippen molar-refractivity contribution in [2.45, 2.75) is 0 Å². The monoisotopic (exact) mass is 418 g/mol. The third-order valence-electron chi connectivity index (χ3n) is 4.01. The predicted octanol–water partition coefficient (Wildman–Crippen LogP) is 2.07. The summed E-state index contributed by atoms with van der Waals surface area (Å²) in [5.41, 5.74) is 6.67. The van der Waals surface area contributed by atoms with Gasteiger partial charge in [0.1, 0.15) is 24.0 Å². The van der Waals surface area contributed by atoms with Crippen molar-refractivity contribution in [3.63, 3.8) is 0 Å². The first-order valence-corrected chi connectivity index (χ1v) is 9.20. The van der Waals surface area contributed by atoms with Crippen molar-refractivity contribution in [1.82, 2.24) is 5.32 Å². The molecule has 0 unspecified atom stereocenters. The van der Waals surface area contributed by atoms with Gasteiger partial charge in [-0.3, -0.25) is 9.79 Å². The van der Waals surface area contributed by atoms with Crippen molar-refractivity contribution < 1.29 is 23.4 Å². The molecule has 7 nitrogen and oxygen atoms in total. The minimum Gasteiger partial charge on any atom is -0.492 e. The first-order valence-electron chi connectivity index (χ1n) is 9.20. The van der Waals surface area contributed by atoms with E-state index in [2.05, 4.69) is 15.6 Å². The van der Waals surface area contributed by atoms with Crippen LogP contribution < -0.4 is 21.1 Å². The smallest absolute Gasteiger partial charge is 0.258 e. The number of rotatable bonds is 10. The van der Waals surface area contributed by atoms with E-state index in [4.69, 9.17) is 15.6 Å². The van der Waals surface area contributed by atoms with Gasteiger partial charge >= 0.3 is 0 Å². The molecular formula is C21H24F2N4O3. The molecule has 0 radical (unpaired) electrons. The molecule has 0 aliphatic heterocycles. The summed E-state index contributed by atoms with van der Waals surface area (Å²) in [6, 6.07) is 7.60. The average molecular weight is 418 g/mol. The van der Waals surface area contributed by atoms with E-state index in [-0.39, 0.29) is 12.2 Å². The van der Waals surface area contributed by atoms with Gasteiger partial charge in [0.2, 0.25) is 0 Å². The van der Waals surface area contributed by atoms with Gasteiger partial charge in [0.25, 0.3) is 5.91 Å². The van der Waals surface area contributed by atoms with Crippen LogP contribution in [0.1, 0.15) is 15.9 Å². The number of nitrogens with two attached hydrogens (primary N) is 1. The Balaban J connectivity index is 2.25. The first kappa shape index (κ1) is 23.0. The molecule has 0 heterocycles. The number of amides is 1. The van der Waals surface area contributed by atoms with E-state index in [1.54, 1.807) is 31.3 Å². The van der Waals surface area contributed by atoms with Gasteiger partial charge in [0, 0.05) is 37.5 Å². The number of nitrogens with one attached hydrogen (secondary N) is 2. The largest absolute Gasteiger partial charge is 0.492 e. The van der Waals surface area contributed by atoms with Gasteiger partial charge in [-0.25, -0.2) is 8.78 Å². The van der Waals surface area contributed by atoms with Gasteiger partial charge in [0.05, 0.1) is 17.9 Å². The second kappa shape index (κ2) is 11.6. The SMILES string of the molecule is CN=C(C=CN)c1cc(NC(=O)c2ccc(F)cc2F)ccc1OCCNCCO. The number of anilines is 1. The molecule has 2 rings (SSSR count). The lowest BCUT2D eigenvalue weighted by Crippen LogP contribution is -2.24. The van der Waals surface area contributed by atoms with Crippen LogP contribution in [0.15, 0.2) is 53.7 Å². The van der Waals surface area contributed by atoms with Crippen LogP contribution in [-0.4, -0.2) is 50.1 Å². The van der Waals surface area contributed by atoms with Crippen molar-refractivity contribution >= 4 is 17.3 Å². The zero-order chi connectivity index (χ0) is 21.9. The minimum absolute atomic E-state index is 0.0300. The molecule has 0 saturated heterocycles. The van der Waals surface area contributed by atoms with Crippen molar-refractivity contribution in [2.75, 3.05) is 38.7 Å². The number of hydrogen-bond donors (Lipinski definition) is 4. The lowest BCUT2D eigenvalue weighted by molar-refractivity contribution is 0.102. The van der Waals surface area contributed by atoms with Crippen molar-refractivity contribution in [3.8, 4) is 5.75 Å². The Hall–Kier alpha value is -3.30. The van der Waals surface area contributed by atoms with E-state index in [1.165, 1.54) is 6.20 Å². The Morgan fingerprint density at radius 3 is 2.67 bits per heavy atom. The van der Waals surface area contributed by atoms with Crippen LogP contribution in [0.25, 0.3) is 0 Å². The maximum Gasteiger partial charge on any atom is 0.258 e. The summed E-state index contributed by atoms with van der Waals surface area (Å²) in [5, 5.41) is 14.4. The van der Waals surface area contributed by atoms with Crippen LogP contribution in [0.2, 0.25) is 0 Å². The zero-order valence-electron chi connectivity index (χ0n) is 16.5. The van der Waals surface area contributed by atoms with Gasteiger partial charge in [-0.15, -0.1) is 0 Å². The maximum atomic E-state index is 13.9. The van der Waals surface area contributed by atoms with E-state index < -0.39 is 17.5 Å². The zero-order valence-corrected chi connectivity index (χ0v) is 16.5. The Labute approximate surface area is 173 Å². The molecule has 0 aliphatic carbocycles. The molecule has 0 spiro atoms. The number of ether oxygens (including phenoxy) is 1. The summed E-state index contributed by atoms with van der Waals surface area (Å²) >= 11 is 0. The predicted molar refractivity (Wildman–Crippen MR) is 112 cm³/mol. The number of halogens is 2. The first-order chi connectivity index (χ1) is 14.5. The third kappa shape index (κ3) is 6.36. The topological polar surface area (TPSA) is 109 Å². The van der Waals surface area contributed by atoms with E-state index in [1.807, 2.05) is 0 Å². The summed E-state index contributed by atoms with van der Waals surface area (Å²) in [4.78, 5) is 16.6. The summed E-state index contributed by atoms with van der Waals surface area (Å²) in [6.45, 7) is 1.34. The molecule has 0 fully saturated rings. The highest BCUT2D eigenvalue weighted by Gasteiger charge is 2.15. The highest BCUT2D eigenvalue weighted by atomic mass is 19.1. The highest BCUT2D eigenvalue weighted by molar-refractivity contribution is 6.12. The average Bonchev–Trinajstić information content (AvgIpc) is 2.72. The Morgan fingerprint density at radius 2 is 2.00 bits per heavy atom. The highest BCUT2D eigenvalue weighted by Crippen LogP contribution is 2.25. The molecule has 1 amide bonds. The quantitative estimate of drug-likeness (QED) is 0.349. The van der Waals surface area contributed by atoms with Crippen LogP contribution in [-0.2, 0) is 0 Å². The number of aliphatic hydroxyl groups is 1. The molecule has 0 aromatic heterocycles. The molecule has 0 atom stereocenters. The fourth-order valence-corrected chi connectivity index (χ4v) is 2.62. The van der Waals surface area contributed by atoms with Crippen molar-refractivity contribution in [2.24, 2.45) is 10.7 Å². The van der Waals surface area contributed by atoms with E-state index in [9.17, 15) is 13.6 Å². The number of aliphatic hydroxyl groups excluding tert-OH is 1. The molecule has 9 heteroatoms. The van der Waals surface area contributed by atoms with Gasteiger partial charge in [-0.1, -0.05) is 0 Å². The van der Waals surface area contributed by atoms with Crippen molar-refractivity contribution in [3.05, 3.63) is 71.4 Å². The molecule has 160 valence electrons. The second-order valence-corrected chi connectivity index (χ2v) is 6.08. The normalized spacial score (nSPS) is 11.7. The van der Waals surface area contributed by atoms with Crippen molar-refractivity contribution in [1.29, 1.82) is 0 Å². The Morgan fingerprint density at radius 1 is 1.20 bits per heavy atom. The molecule has 5 N–H and O–H groups in total. The molecule has 2 aromatic rings. The number of carbonyl (C=O) groups is 1. The fourth-order valence-electron chi connectivity index (χ4n) is 2.62. The van der Waals surface area contributed by atoms with Crippen LogP contribution in [0.5, 0.6) is 5.75 Å². The van der Waals surface area contributed by atoms with Gasteiger partial charge in [-0.2, -0.15) is 0 Å². The van der Waals surface area contributed by atoms with E-state index >= 15 is 0 Å². The minimum atomic E-state index is -0.954. The van der Waals surface area contributed by atoms with Crippen LogP contribution in [0.4, 0.5) is 14.5 Å². The summed E-state index contributed by atoms with van der Waals surface area (Å²) in [6.07, 6.45) is 2.91. The third-order valence-corrected chi connectivity index (χ3v) is 4.01. The van der Waals surface area contributed by atoms with Crippen LogP contribution in [0.3, 0.4) is 0 Å². The van der Waals surface area contributed by atoms with E-state index in [0.717, 1.165) is 12.1 Å². The Kier molecular flexibility index (Phi) is 8.92. The molecule has 0 saturated carbocycles. The van der Waals surface area contributed by atoms with Gasteiger partial charge in [0.15, 0.2) is 0 Å². The summed E-state index contributed by atoms with van der Waals surface area (Å²) < 4.78 is 32.7. The molecule has 30 heavy (non-hydrogen) atoms. The number of hydrogen-bond acceptors (Lipinski definition) is 6.